The molecule has 1 unspecified atom stereocenters. The summed E-state index contributed by atoms with van der Waals surface area (Å²) >= 11 is 0. The van der Waals surface area contributed by atoms with E-state index in [1.807, 2.05) is 0 Å². The van der Waals surface area contributed by atoms with E-state index in [1.165, 1.54) is 0 Å². The van der Waals surface area contributed by atoms with Gasteiger partial charge < -0.3 is 14.6 Å². The van der Waals surface area contributed by atoms with E-state index in [0.717, 1.165) is 199 Å². The van der Waals surface area contributed by atoms with Gasteiger partial charge in [-0.05, 0) is 186 Å². The third-order valence-electron chi connectivity index (χ3n) is 13.7. The third kappa shape index (κ3) is 75.4. The van der Waals surface area contributed by atoms with Gasteiger partial charge >= 0.3 is 11.9 Å². The summed E-state index contributed by atoms with van der Waals surface area (Å²) in [6.07, 6.45) is 134. The number of esters is 2. The highest BCUT2D eigenvalue weighted by Crippen LogP contribution is 2.11. The molecule has 0 aliphatic carbocycles. The van der Waals surface area contributed by atoms with Gasteiger partial charge in [0.2, 0.25) is 0 Å². The summed E-state index contributed by atoms with van der Waals surface area (Å²) in [5.74, 6) is -0.689. The molecule has 0 rings (SSSR count). The van der Waals surface area contributed by atoms with Crippen LogP contribution >= 0.6 is 0 Å². The summed E-state index contributed by atoms with van der Waals surface area (Å²) < 4.78 is 10.7. The molecule has 1 atom stereocenters. The van der Waals surface area contributed by atoms with Gasteiger partial charge in [0.05, 0.1) is 6.61 Å². The fourth-order valence-corrected chi connectivity index (χ4v) is 8.48. The van der Waals surface area contributed by atoms with Gasteiger partial charge in [-0.3, -0.25) is 9.59 Å². The molecule has 0 spiro atoms. The van der Waals surface area contributed by atoms with E-state index in [9.17, 15) is 14.7 Å². The summed E-state index contributed by atoms with van der Waals surface area (Å²) in [4.78, 5) is 24.6. The molecule has 0 radical (unpaired) electrons. The predicted octanol–water partition coefficient (Wildman–Crippen LogP) is 25.5. The summed E-state index contributed by atoms with van der Waals surface area (Å²) in [5.41, 5.74) is 0. The Labute approximate surface area is 564 Å². The van der Waals surface area contributed by atoms with Crippen molar-refractivity contribution in [1.29, 1.82) is 0 Å². The fraction of sp³-hybridized carbons (Fsp3) is 0.448. The molecule has 0 aromatic heterocycles. The fourth-order valence-electron chi connectivity index (χ4n) is 8.48. The molecule has 0 heterocycles. The lowest BCUT2D eigenvalue weighted by atomic mass is 10.1. The van der Waals surface area contributed by atoms with Crippen LogP contribution in [-0.2, 0) is 19.1 Å². The van der Waals surface area contributed by atoms with E-state index in [4.69, 9.17) is 9.47 Å². The van der Waals surface area contributed by atoms with E-state index in [0.29, 0.717) is 12.8 Å². The molecule has 0 aromatic rings. The first-order valence-corrected chi connectivity index (χ1v) is 35.5. The second-order valence-electron chi connectivity index (χ2n) is 22.1. The number of unbranched alkanes of at least 4 members (excludes halogenated alkanes) is 7. The number of allylic oxidation sites excluding steroid dienone is 46. The van der Waals surface area contributed by atoms with E-state index in [1.54, 1.807) is 0 Å². The Balaban J connectivity index is 3.75. The zero-order valence-electron chi connectivity index (χ0n) is 57.7. The van der Waals surface area contributed by atoms with Crippen molar-refractivity contribution < 1.29 is 24.2 Å². The Morgan fingerprint density at radius 2 is 0.435 bits per heavy atom. The van der Waals surface area contributed by atoms with Crippen molar-refractivity contribution in [2.24, 2.45) is 0 Å². The molecule has 0 aliphatic rings. The first-order valence-electron chi connectivity index (χ1n) is 35.5. The number of rotatable bonds is 61. The van der Waals surface area contributed by atoms with Crippen molar-refractivity contribution in [3.05, 3.63) is 279 Å². The predicted molar refractivity (Wildman–Crippen MR) is 406 cm³/mol. The molecule has 0 fully saturated rings. The van der Waals surface area contributed by atoms with Crippen molar-refractivity contribution in [3.8, 4) is 0 Å². The van der Waals surface area contributed by atoms with Gasteiger partial charge in [0.25, 0.3) is 0 Å². The molecule has 0 aromatic carbocycles. The minimum atomic E-state index is -0.829. The zero-order chi connectivity index (χ0) is 66.1. The number of aliphatic hydroxyl groups is 1. The van der Waals surface area contributed by atoms with E-state index >= 15 is 0 Å². The number of carbonyl (C=O) groups is 2. The zero-order valence-corrected chi connectivity index (χ0v) is 57.7. The van der Waals surface area contributed by atoms with Crippen LogP contribution in [0.2, 0.25) is 0 Å². The number of hydrogen-bond acceptors (Lipinski definition) is 5. The quantitative estimate of drug-likeness (QED) is 0.0373. The topological polar surface area (TPSA) is 72.8 Å². The largest absolute Gasteiger partial charge is 0.462 e. The van der Waals surface area contributed by atoms with Crippen LogP contribution in [0.15, 0.2) is 279 Å². The Morgan fingerprint density at radius 3 is 0.674 bits per heavy atom. The molecule has 0 bridgehead atoms. The second kappa shape index (κ2) is 78.2. The first-order chi connectivity index (χ1) is 45.6. The molecule has 92 heavy (non-hydrogen) atoms. The van der Waals surface area contributed by atoms with Crippen LogP contribution in [0.5, 0.6) is 0 Å². The summed E-state index contributed by atoms with van der Waals surface area (Å²) in [5, 5.41) is 9.69. The average Bonchev–Trinajstić information content (AvgIpc) is 3.75. The van der Waals surface area contributed by atoms with Gasteiger partial charge in [-0.1, -0.05) is 313 Å². The van der Waals surface area contributed by atoms with Crippen LogP contribution < -0.4 is 0 Å². The molecule has 0 saturated heterocycles. The van der Waals surface area contributed by atoms with Gasteiger partial charge in [-0.2, -0.15) is 0 Å². The van der Waals surface area contributed by atoms with Gasteiger partial charge in [0.15, 0.2) is 6.10 Å². The van der Waals surface area contributed by atoms with Crippen molar-refractivity contribution in [1.82, 2.24) is 0 Å². The van der Waals surface area contributed by atoms with Gasteiger partial charge in [0, 0.05) is 12.8 Å². The first kappa shape index (κ1) is 84.9. The SMILES string of the molecule is CC/C=C\C/C=C\C/C=C\C/C=C\C/C=C\C/C=C\C/C=C\C/C=C\C/C=C\C/C=C\C/C=C\C/C=C\CCCCC(=O)OC(CO)COC(=O)CCCCCCC/C=C\C/C=C\C/C=C\C/C=C\C/C=C\C/C=C\C/C=C\C/C=C\C/C=C\C/C=C\C/C=C\CC. The number of hydrogen-bond donors (Lipinski definition) is 1. The maximum Gasteiger partial charge on any atom is 0.306 e. The molecule has 0 aliphatic heterocycles. The molecule has 504 valence electrons. The smallest absolute Gasteiger partial charge is 0.306 e. The number of ether oxygens (including phenoxy) is 2. The highest BCUT2D eigenvalue weighted by molar-refractivity contribution is 5.70. The van der Waals surface area contributed by atoms with E-state index in [2.05, 4.69) is 293 Å². The van der Waals surface area contributed by atoms with Crippen LogP contribution in [0.25, 0.3) is 0 Å². The monoisotopic (exact) mass is 1250 g/mol. The summed E-state index contributed by atoms with van der Waals surface area (Å²) in [6, 6.07) is 0. The lowest BCUT2D eigenvalue weighted by Gasteiger charge is -2.15. The summed E-state index contributed by atoms with van der Waals surface area (Å²) in [6.45, 7) is 3.84. The molecule has 1 N–H and O–H groups in total. The molecular weight excluding hydrogens is 1120 g/mol. The van der Waals surface area contributed by atoms with Crippen molar-refractivity contribution >= 4 is 11.9 Å². The van der Waals surface area contributed by atoms with E-state index < -0.39 is 6.10 Å². The molecule has 5 nitrogen and oxygen atoms in total. The Kier molecular flexibility index (Phi) is 72.1. The summed E-state index contributed by atoms with van der Waals surface area (Å²) in [7, 11) is 0. The van der Waals surface area contributed by atoms with Gasteiger partial charge in [-0.25, -0.2) is 0 Å². The van der Waals surface area contributed by atoms with Crippen molar-refractivity contribution in [3.63, 3.8) is 0 Å². The standard InChI is InChI=1S/C87H126O5/c1-3-5-7-9-11-13-15-17-19-21-23-25-27-29-31-33-35-37-39-41-43-45-47-49-51-53-55-57-59-61-63-65-67-69-71-73-75-77-79-81-86(89)91-84-85(83-88)92-87(90)82-80-78-76-74-72-70-68-66-64-62-60-58-56-54-52-50-48-46-44-42-40-38-36-34-32-30-28-26-24-22-20-18-16-14-12-10-8-6-4-2/h5-8,11-14,17-20,23-26,29-32,35-38,41-44,47-50,53-56,59-62,65-68,72,74,85,88H,3-4,9-10,15-16,21-22,27-28,33-34,39-40,45-46,51-52,57-58,63-64,69-71,73,75-84H2,1-2H3/b7-5-,8-6-,13-11-,14-12-,19-17-,20-18-,25-23-,26-24-,31-29-,32-30-,37-35-,38-36-,43-41-,44-42-,49-47-,50-48-,55-53-,56-54-,61-59-,62-60-,67-65-,68-66-,74-72-. The van der Waals surface area contributed by atoms with Gasteiger partial charge in [0.1, 0.15) is 6.61 Å². The number of aliphatic hydroxyl groups excluding tert-OH is 1. The molecular formula is C87H126O5. The Hall–Kier alpha value is -7.08. The van der Waals surface area contributed by atoms with Crippen molar-refractivity contribution in [2.45, 2.75) is 238 Å². The minimum Gasteiger partial charge on any atom is -0.462 e. The normalized spacial score (nSPS) is 14.0. The van der Waals surface area contributed by atoms with Crippen LogP contribution in [0, 0.1) is 0 Å². The van der Waals surface area contributed by atoms with Crippen LogP contribution in [0.4, 0.5) is 0 Å². The Morgan fingerprint density at radius 1 is 0.250 bits per heavy atom. The van der Waals surface area contributed by atoms with Crippen molar-refractivity contribution in [2.75, 3.05) is 13.2 Å². The lowest BCUT2D eigenvalue weighted by Crippen LogP contribution is -2.28. The van der Waals surface area contributed by atoms with Crippen LogP contribution in [0.1, 0.15) is 232 Å². The second-order valence-corrected chi connectivity index (χ2v) is 22.1. The third-order valence-corrected chi connectivity index (χ3v) is 13.7. The van der Waals surface area contributed by atoms with E-state index in [-0.39, 0.29) is 31.6 Å². The molecule has 5 heteroatoms. The number of carbonyl (C=O) groups excluding carboxylic acids is 2. The maximum atomic E-state index is 12.4. The highest BCUT2D eigenvalue weighted by Gasteiger charge is 2.16. The van der Waals surface area contributed by atoms with Crippen LogP contribution in [-0.4, -0.2) is 36.4 Å². The van der Waals surface area contributed by atoms with Crippen LogP contribution in [0.3, 0.4) is 0 Å². The van der Waals surface area contributed by atoms with Gasteiger partial charge in [-0.15, -0.1) is 0 Å². The molecule has 0 saturated carbocycles. The Bertz CT molecular complexity index is 2410. The minimum absolute atomic E-state index is 0.114. The molecule has 0 amide bonds. The lowest BCUT2D eigenvalue weighted by molar-refractivity contribution is -0.161. The average molecular weight is 1250 g/mol. The maximum absolute atomic E-state index is 12.4. The highest BCUT2D eigenvalue weighted by atomic mass is 16.6.